The highest BCUT2D eigenvalue weighted by atomic mass is 32.2. The largest absolute Gasteiger partial charge is 0.458 e. The molecule has 19 rings (SSSR count). The topological polar surface area (TPSA) is 22.2 Å². The molecular formula is C90H60B2N4OS. The van der Waals surface area contributed by atoms with Crippen molar-refractivity contribution in [3.63, 3.8) is 0 Å². The predicted octanol–water partition coefficient (Wildman–Crippen LogP) is 20.5. The van der Waals surface area contributed by atoms with Crippen LogP contribution in [-0.4, -0.2) is 13.4 Å². The standard InChI is InChI=1S/C90H60B2N4OS/c1-8-29-61(30-9-1)62-51-53-69(54-52-62)94(79-48-25-22-43-72(79)63-31-10-2-11-32-63)70-55-82-88-83(56-70)96(90-73(64-33-12-3-13-34-64)44-28-45-74(90)65-35-14-4-15-36-65)81-60-86-78(59-77(81)91(88)75-46-23-26-49-80(75)95(82)68-41-20-7-21-42-68)92-76-47-24-27-50-84(76)97-85-57-71(58-87(98-86)89(85)92)93(66-37-16-5-17-38-66)67-39-18-6-19-40-67/h1-60H. The smallest absolute Gasteiger partial charge is 0.253 e. The van der Waals surface area contributed by atoms with Crippen LogP contribution in [0.15, 0.2) is 374 Å². The molecule has 15 aromatic carbocycles. The predicted molar refractivity (Wildman–Crippen MR) is 413 cm³/mol. The number of ether oxygens (including phenoxy) is 1. The fourth-order valence-corrected chi connectivity index (χ4v) is 16.9. The Hall–Kier alpha value is -12.2. The third-order valence-electron chi connectivity index (χ3n) is 19.9. The average molecular weight is 1270 g/mol. The van der Waals surface area contributed by atoms with Crippen LogP contribution in [0, 0.1) is 0 Å². The van der Waals surface area contributed by atoms with E-state index in [1.54, 1.807) is 0 Å². The van der Waals surface area contributed by atoms with E-state index in [0.717, 1.165) is 129 Å². The molecule has 0 bridgehead atoms. The second-order valence-corrected chi connectivity index (χ2v) is 26.5. The van der Waals surface area contributed by atoms with Crippen molar-refractivity contribution >= 4 is 126 Å². The number of hydrogen-bond acceptors (Lipinski definition) is 6. The molecule has 0 N–H and O–H groups in total. The van der Waals surface area contributed by atoms with Gasteiger partial charge >= 0.3 is 0 Å². The highest BCUT2D eigenvalue weighted by molar-refractivity contribution is 8.00. The zero-order valence-corrected chi connectivity index (χ0v) is 54.2. The maximum atomic E-state index is 7.21. The van der Waals surface area contributed by atoms with E-state index in [1.807, 2.05) is 11.8 Å². The summed E-state index contributed by atoms with van der Waals surface area (Å²) in [5.41, 5.74) is 29.3. The summed E-state index contributed by atoms with van der Waals surface area (Å²) in [6.07, 6.45) is 0. The first kappa shape index (κ1) is 57.2. The number of nitrogens with zero attached hydrogens (tertiary/aromatic N) is 4. The summed E-state index contributed by atoms with van der Waals surface area (Å²) >= 11 is 1.86. The number of anilines is 12. The Bertz CT molecular complexity index is 5440. The molecule has 0 saturated heterocycles. The maximum Gasteiger partial charge on any atom is 0.253 e. The van der Waals surface area contributed by atoms with Gasteiger partial charge in [-0.1, -0.05) is 284 Å². The molecule has 0 aromatic heterocycles. The molecule has 0 spiro atoms. The molecule has 0 aliphatic carbocycles. The number of rotatable bonds is 12. The van der Waals surface area contributed by atoms with Gasteiger partial charge in [-0.25, -0.2) is 0 Å². The van der Waals surface area contributed by atoms with Gasteiger partial charge in [0.25, 0.3) is 13.4 Å². The minimum atomic E-state index is -0.213. The first-order valence-electron chi connectivity index (χ1n) is 33.6. The van der Waals surface area contributed by atoms with Gasteiger partial charge in [-0.05, 0) is 146 Å². The first-order valence-corrected chi connectivity index (χ1v) is 34.4. The molecule has 0 radical (unpaired) electrons. The monoisotopic (exact) mass is 1270 g/mol. The summed E-state index contributed by atoms with van der Waals surface area (Å²) in [4.78, 5) is 12.4. The van der Waals surface area contributed by atoms with Crippen LogP contribution in [0.1, 0.15) is 0 Å². The summed E-state index contributed by atoms with van der Waals surface area (Å²) in [5.74, 6) is 1.74. The van der Waals surface area contributed by atoms with Crippen LogP contribution in [-0.2, 0) is 0 Å². The molecule has 0 amide bonds. The Morgan fingerprint density at radius 2 is 0.745 bits per heavy atom. The molecule has 4 aliphatic rings. The number of hydrogen-bond donors (Lipinski definition) is 0. The molecule has 0 unspecified atom stereocenters. The Morgan fingerprint density at radius 1 is 0.265 bits per heavy atom. The van der Waals surface area contributed by atoms with Gasteiger partial charge in [0.05, 0.1) is 22.7 Å². The second kappa shape index (κ2) is 23.9. The van der Waals surface area contributed by atoms with Gasteiger partial charge < -0.3 is 24.3 Å². The van der Waals surface area contributed by atoms with Crippen LogP contribution < -0.4 is 57.1 Å². The van der Waals surface area contributed by atoms with E-state index in [-0.39, 0.29) is 13.4 Å². The Labute approximate surface area is 576 Å². The number of fused-ring (bicyclic) bond motifs is 8. The van der Waals surface area contributed by atoms with E-state index in [4.69, 9.17) is 4.74 Å². The average Bonchev–Trinajstić information content (AvgIpc) is 0.688. The highest BCUT2D eigenvalue weighted by Crippen LogP contribution is 2.54. The van der Waals surface area contributed by atoms with Gasteiger partial charge in [0.2, 0.25) is 0 Å². The molecule has 0 atom stereocenters. The minimum absolute atomic E-state index is 0.137. The van der Waals surface area contributed by atoms with E-state index in [2.05, 4.69) is 384 Å². The Kier molecular flexibility index (Phi) is 14.0. The molecule has 15 aromatic rings. The molecule has 5 nitrogen and oxygen atoms in total. The maximum absolute atomic E-state index is 7.21. The van der Waals surface area contributed by atoms with Crippen molar-refractivity contribution in [1.29, 1.82) is 0 Å². The van der Waals surface area contributed by atoms with Crippen molar-refractivity contribution in [1.82, 2.24) is 0 Å². The molecule has 4 aliphatic heterocycles. The molecule has 8 heteroatoms. The third-order valence-corrected chi connectivity index (χ3v) is 21.0. The lowest BCUT2D eigenvalue weighted by Crippen LogP contribution is -2.64. The third kappa shape index (κ3) is 9.58. The summed E-state index contributed by atoms with van der Waals surface area (Å²) in [5, 5.41) is 0. The minimum Gasteiger partial charge on any atom is -0.458 e. The Balaban J connectivity index is 0.930. The summed E-state index contributed by atoms with van der Waals surface area (Å²) < 4.78 is 7.21. The van der Waals surface area contributed by atoms with E-state index in [1.165, 1.54) is 37.8 Å². The van der Waals surface area contributed by atoms with Crippen molar-refractivity contribution in [3.05, 3.63) is 364 Å². The molecular weight excluding hydrogens is 1210 g/mol. The van der Waals surface area contributed by atoms with Crippen LogP contribution >= 0.6 is 11.8 Å². The Morgan fingerprint density at radius 3 is 1.39 bits per heavy atom. The molecule has 0 saturated carbocycles. The number of para-hydroxylation sites is 7. The van der Waals surface area contributed by atoms with Gasteiger partial charge in [-0.15, -0.1) is 0 Å². The van der Waals surface area contributed by atoms with Crippen LogP contribution in [0.4, 0.5) is 68.2 Å². The molecule has 4 heterocycles. The SMILES string of the molecule is c1ccc(-c2ccc(N(c3cc4c5c(c3)N(c3c(-c6ccccc6)cccc3-c3ccccc3)c3cc6c(cc3B5c3ccccc3N4c3ccccc3)B3c4ccccc4Oc4cc(N(c5ccccc5)c5ccccc5)cc(c43)S6)c3ccccc3-c3ccccc3)cc2)cc1. The molecule has 458 valence electrons. The summed E-state index contributed by atoms with van der Waals surface area (Å²) in [6.45, 7) is -0.350. The van der Waals surface area contributed by atoms with Crippen LogP contribution in [0.3, 0.4) is 0 Å². The molecule has 0 fully saturated rings. The lowest BCUT2D eigenvalue weighted by atomic mass is 9.31. The lowest BCUT2D eigenvalue weighted by molar-refractivity contribution is 0.486. The lowest BCUT2D eigenvalue weighted by Gasteiger charge is -2.46. The van der Waals surface area contributed by atoms with Crippen LogP contribution in [0.5, 0.6) is 11.5 Å². The van der Waals surface area contributed by atoms with Gasteiger partial charge in [-0.3, -0.25) is 0 Å². The van der Waals surface area contributed by atoms with Crippen molar-refractivity contribution < 1.29 is 4.74 Å². The van der Waals surface area contributed by atoms with Crippen LogP contribution in [0.2, 0.25) is 0 Å². The van der Waals surface area contributed by atoms with Gasteiger partial charge in [0.15, 0.2) is 0 Å². The zero-order chi connectivity index (χ0) is 64.6. The fraction of sp³-hybridized carbons (Fsp3) is 0. The van der Waals surface area contributed by atoms with Crippen molar-refractivity contribution in [2.24, 2.45) is 0 Å². The van der Waals surface area contributed by atoms with Gasteiger partial charge in [0, 0.05) is 78.0 Å². The highest BCUT2D eigenvalue weighted by Gasteiger charge is 2.48. The van der Waals surface area contributed by atoms with Gasteiger partial charge in [-0.2, -0.15) is 0 Å². The second-order valence-electron chi connectivity index (χ2n) is 25.4. The summed E-state index contributed by atoms with van der Waals surface area (Å²) in [6, 6.07) is 134. The van der Waals surface area contributed by atoms with E-state index in [9.17, 15) is 0 Å². The molecule has 98 heavy (non-hydrogen) atoms. The number of benzene rings is 15. The normalized spacial score (nSPS) is 12.7. The quantitative estimate of drug-likeness (QED) is 0.113. The first-order chi connectivity index (χ1) is 48.6. The van der Waals surface area contributed by atoms with Crippen molar-refractivity contribution in [2.45, 2.75) is 9.79 Å². The van der Waals surface area contributed by atoms with E-state index in [0.29, 0.717) is 0 Å². The van der Waals surface area contributed by atoms with E-state index < -0.39 is 0 Å². The summed E-state index contributed by atoms with van der Waals surface area (Å²) in [7, 11) is 0. The van der Waals surface area contributed by atoms with Crippen LogP contribution in [0.25, 0.3) is 44.5 Å². The van der Waals surface area contributed by atoms with E-state index >= 15 is 0 Å². The van der Waals surface area contributed by atoms with Crippen molar-refractivity contribution in [2.75, 3.05) is 19.6 Å². The zero-order valence-electron chi connectivity index (χ0n) is 53.4. The van der Waals surface area contributed by atoms with Crippen molar-refractivity contribution in [3.8, 4) is 56.0 Å². The fourth-order valence-electron chi connectivity index (χ4n) is 15.7. The van der Waals surface area contributed by atoms with Gasteiger partial charge in [0.1, 0.15) is 11.5 Å².